The third kappa shape index (κ3) is 4.78. The fraction of sp³-hybridized carbons (Fsp3) is 0.643. The Morgan fingerprint density at radius 1 is 1.37 bits per heavy atom. The lowest BCUT2D eigenvalue weighted by Gasteiger charge is -2.29. The van der Waals surface area contributed by atoms with E-state index >= 15 is 0 Å². The molecule has 0 unspecified atom stereocenters. The van der Waals surface area contributed by atoms with Crippen molar-refractivity contribution in [1.29, 1.82) is 0 Å². The summed E-state index contributed by atoms with van der Waals surface area (Å²) in [5.41, 5.74) is 1.06. The highest BCUT2D eigenvalue weighted by molar-refractivity contribution is 5.15. The van der Waals surface area contributed by atoms with Crippen molar-refractivity contribution >= 4 is 0 Å². The Hall–Kier alpha value is -1.17. The molecular formula is C14H24N4O. The zero-order valence-corrected chi connectivity index (χ0v) is 11.9. The van der Waals surface area contributed by atoms with Gasteiger partial charge in [-0.1, -0.05) is 6.07 Å². The Labute approximate surface area is 115 Å². The zero-order valence-electron chi connectivity index (χ0n) is 11.9. The van der Waals surface area contributed by atoms with Crippen molar-refractivity contribution in [2.45, 2.75) is 6.54 Å². The van der Waals surface area contributed by atoms with Gasteiger partial charge in [-0.3, -0.25) is 9.80 Å². The van der Waals surface area contributed by atoms with Gasteiger partial charge >= 0.3 is 0 Å². The highest BCUT2D eigenvalue weighted by Gasteiger charge is 2.10. The number of nitrogens with one attached hydrogen (secondary N) is 1. The molecule has 0 bridgehead atoms. The van der Waals surface area contributed by atoms with E-state index in [1.54, 1.807) is 7.11 Å². The van der Waals surface area contributed by atoms with E-state index in [2.05, 4.69) is 27.1 Å². The molecule has 1 aromatic rings. The molecule has 0 atom stereocenters. The van der Waals surface area contributed by atoms with Gasteiger partial charge in [0.2, 0.25) is 5.88 Å². The molecule has 106 valence electrons. The van der Waals surface area contributed by atoms with Gasteiger partial charge in [-0.2, -0.15) is 0 Å². The van der Waals surface area contributed by atoms with Crippen molar-refractivity contribution in [1.82, 2.24) is 20.1 Å². The van der Waals surface area contributed by atoms with Crippen molar-refractivity contribution < 1.29 is 4.74 Å². The fourth-order valence-corrected chi connectivity index (χ4v) is 2.26. The van der Waals surface area contributed by atoms with Crippen molar-refractivity contribution in [2.75, 3.05) is 53.4 Å². The second-order valence-corrected chi connectivity index (χ2v) is 5.00. The molecule has 1 saturated heterocycles. The number of piperazine rings is 1. The third-order valence-electron chi connectivity index (χ3n) is 3.43. The molecule has 0 amide bonds. The molecule has 0 saturated carbocycles. The van der Waals surface area contributed by atoms with Crippen molar-refractivity contribution in [3.8, 4) is 5.88 Å². The van der Waals surface area contributed by atoms with Crippen LogP contribution in [-0.4, -0.2) is 68.2 Å². The predicted molar refractivity (Wildman–Crippen MR) is 76.4 cm³/mol. The van der Waals surface area contributed by atoms with Crippen LogP contribution < -0.4 is 10.1 Å². The lowest BCUT2D eigenvalue weighted by atomic mass is 10.3. The second-order valence-electron chi connectivity index (χ2n) is 5.00. The van der Waals surface area contributed by atoms with E-state index in [1.165, 1.54) is 0 Å². The number of ether oxygens (including phenoxy) is 1. The van der Waals surface area contributed by atoms with Gasteiger partial charge in [0.15, 0.2) is 0 Å². The smallest absolute Gasteiger partial charge is 0.213 e. The number of rotatable bonds is 6. The number of hydrogen-bond acceptors (Lipinski definition) is 5. The van der Waals surface area contributed by atoms with Gasteiger partial charge in [-0.05, 0) is 13.1 Å². The van der Waals surface area contributed by atoms with Crippen LogP contribution in [-0.2, 0) is 6.54 Å². The van der Waals surface area contributed by atoms with Crippen LogP contribution in [0.5, 0.6) is 5.88 Å². The summed E-state index contributed by atoms with van der Waals surface area (Å²) in [4.78, 5) is 9.25. The number of pyridine rings is 1. The van der Waals surface area contributed by atoms with Crippen molar-refractivity contribution in [3.05, 3.63) is 23.9 Å². The van der Waals surface area contributed by atoms with E-state index in [9.17, 15) is 0 Å². The Morgan fingerprint density at radius 2 is 2.16 bits per heavy atom. The van der Waals surface area contributed by atoms with E-state index in [0.29, 0.717) is 5.88 Å². The van der Waals surface area contributed by atoms with Crippen LogP contribution in [0.4, 0.5) is 0 Å². The molecular weight excluding hydrogens is 240 g/mol. The Morgan fingerprint density at radius 3 is 2.89 bits per heavy atom. The molecule has 2 heterocycles. The van der Waals surface area contributed by atoms with E-state index < -0.39 is 0 Å². The number of methoxy groups -OCH3 is 1. The first-order chi connectivity index (χ1) is 9.28. The number of likely N-dealkylation sites (N-methyl/N-ethyl adjacent to an activating group) is 1. The highest BCUT2D eigenvalue weighted by Crippen LogP contribution is 2.08. The van der Waals surface area contributed by atoms with Crippen LogP contribution in [0.2, 0.25) is 0 Å². The molecule has 1 N–H and O–H groups in total. The maximum Gasteiger partial charge on any atom is 0.213 e. The van der Waals surface area contributed by atoms with Gasteiger partial charge in [-0.25, -0.2) is 4.98 Å². The van der Waals surface area contributed by atoms with E-state index in [1.807, 2.05) is 18.2 Å². The second kappa shape index (κ2) is 7.43. The molecule has 1 fully saturated rings. The van der Waals surface area contributed by atoms with Crippen molar-refractivity contribution in [3.63, 3.8) is 0 Å². The third-order valence-corrected chi connectivity index (χ3v) is 3.43. The van der Waals surface area contributed by atoms with Gasteiger partial charge in [0, 0.05) is 51.9 Å². The molecule has 5 nitrogen and oxygen atoms in total. The quantitative estimate of drug-likeness (QED) is 0.807. The summed E-state index contributed by atoms with van der Waals surface area (Å²) < 4.78 is 5.15. The van der Waals surface area contributed by atoms with Gasteiger partial charge in [0.25, 0.3) is 0 Å². The largest absolute Gasteiger partial charge is 0.481 e. The van der Waals surface area contributed by atoms with Gasteiger partial charge in [-0.15, -0.1) is 0 Å². The van der Waals surface area contributed by atoms with Crippen LogP contribution in [0.1, 0.15) is 5.69 Å². The standard InChI is InChI=1S/C14H24N4O/c1-17(10-11-18-8-6-15-7-9-18)12-13-4-3-5-14(16-13)19-2/h3-5,15H,6-12H2,1-2H3. The molecule has 5 heteroatoms. The topological polar surface area (TPSA) is 40.6 Å². The average Bonchev–Trinajstić information content (AvgIpc) is 2.46. The summed E-state index contributed by atoms with van der Waals surface area (Å²) in [7, 11) is 3.80. The lowest BCUT2D eigenvalue weighted by Crippen LogP contribution is -2.45. The molecule has 0 aromatic carbocycles. The molecule has 1 aliphatic heterocycles. The van der Waals surface area contributed by atoms with Crippen LogP contribution >= 0.6 is 0 Å². The van der Waals surface area contributed by atoms with Crippen LogP contribution in [0, 0.1) is 0 Å². The number of hydrogen-bond donors (Lipinski definition) is 1. The summed E-state index contributed by atoms with van der Waals surface area (Å²) in [5.74, 6) is 0.688. The number of nitrogens with zero attached hydrogens (tertiary/aromatic N) is 3. The monoisotopic (exact) mass is 264 g/mol. The van der Waals surface area contributed by atoms with E-state index in [0.717, 1.165) is 51.5 Å². The SMILES string of the molecule is COc1cccc(CN(C)CCN2CCNCC2)n1. The Kier molecular flexibility index (Phi) is 5.57. The van der Waals surface area contributed by atoms with Crippen LogP contribution in [0.25, 0.3) is 0 Å². The van der Waals surface area contributed by atoms with Crippen molar-refractivity contribution in [2.24, 2.45) is 0 Å². The molecule has 1 aliphatic rings. The number of aromatic nitrogens is 1. The minimum Gasteiger partial charge on any atom is -0.481 e. The summed E-state index contributed by atoms with van der Waals surface area (Å²) in [6.07, 6.45) is 0. The summed E-state index contributed by atoms with van der Waals surface area (Å²) in [5, 5.41) is 3.38. The lowest BCUT2D eigenvalue weighted by molar-refractivity contribution is 0.201. The first-order valence-corrected chi connectivity index (χ1v) is 6.89. The van der Waals surface area contributed by atoms with Gasteiger partial charge in [0.05, 0.1) is 12.8 Å². The fourth-order valence-electron chi connectivity index (χ4n) is 2.26. The molecule has 2 rings (SSSR count). The summed E-state index contributed by atoms with van der Waals surface area (Å²) in [6.45, 7) is 7.60. The Bertz CT molecular complexity index is 379. The van der Waals surface area contributed by atoms with E-state index in [-0.39, 0.29) is 0 Å². The first kappa shape index (κ1) is 14.2. The summed E-state index contributed by atoms with van der Waals surface area (Å²) >= 11 is 0. The van der Waals surface area contributed by atoms with Gasteiger partial charge in [0.1, 0.15) is 0 Å². The average molecular weight is 264 g/mol. The van der Waals surface area contributed by atoms with Gasteiger partial charge < -0.3 is 10.1 Å². The predicted octanol–water partition coefficient (Wildman–Crippen LogP) is 0.427. The molecule has 1 aromatic heterocycles. The minimum atomic E-state index is 0.688. The summed E-state index contributed by atoms with van der Waals surface area (Å²) in [6, 6.07) is 5.92. The maximum absolute atomic E-state index is 5.15. The maximum atomic E-state index is 5.15. The minimum absolute atomic E-state index is 0.688. The zero-order chi connectivity index (χ0) is 13.5. The highest BCUT2D eigenvalue weighted by atomic mass is 16.5. The first-order valence-electron chi connectivity index (χ1n) is 6.89. The normalized spacial score (nSPS) is 16.8. The van der Waals surface area contributed by atoms with Crippen LogP contribution in [0.15, 0.2) is 18.2 Å². The molecule has 0 aliphatic carbocycles. The molecule has 19 heavy (non-hydrogen) atoms. The molecule has 0 spiro atoms. The molecule has 0 radical (unpaired) electrons. The Balaban J connectivity index is 1.75. The van der Waals surface area contributed by atoms with Crippen LogP contribution in [0.3, 0.4) is 0 Å². The van der Waals surface area contributed by atoms with E-state index in [4.69, 9.17) is 4.74 Å².